The van der Waals surface area contributed by atoms with Crippen LogP contribution in [0.5, 0.6) is 6.01 Å². The summed E-state index contributed by atoms with van der Waals surface area (Å²) >= 11 is 1.30. The first kappa shape index (κ1) is 7.03. The van der Waals surface area contributed by atoms with E-state index in [-0.39, 0.29) is 6.61 Å². The maximum Gasteiger partial charge on any atom is 0.329 e. The topological polar surface area (TPSA) is 35.0 Å². The van der Waals surface area contributed by atoms with Gasteiger partial charge < -0.3 is 4.74 Å². The van der Waals surface area contributed by atoms with Crippen molar-refractivity contribution in [3.05, 3.63) is 5.01 Å². The third-order valence-electron chi connectivity index (χ3n) is 0.794. The van der Waals surface area contributed by atoms with E-state index >= 15 is 0 Å². The van der Waals surface area contributed by atoms with Crippen molar-refractivity contribution in [2.45, 2.75) is 6.92 Å². The molecule has 0 aliphatic carbocycles. The maximum absolute atomic E-state index is 4.96. The number of hydrogen-bond donors (Lipinski definition) is 0. The molecule has 0 unspecified atom stereocenters. The normalized spacial score (nSPS) is 8.80. The van der Waals surface area contributed by atoms with Crippen molar-refractivity contribution in [1.82, 2.24) is 9.36 Å². The van der Waals surface area contributed by atoms with Crippen LogP contribution in [0.2, 0.25) is 0 Å². The molecule has 0 saturated carbocycles. The van der Waals surface area contributed by atoms with E-state index in [2.05, 4.69) is 15.3 Å². The minimum Gasteiger partial charge on any atom is -0.450 e. The number of rotatable bonds is 2. The molecule has 3 nitrogen and oxygen atoms in total. The first-order valence-electron chi connectivity index (χ1n) is 2.69. The van der Waals surface area contributed by atoms with Gasteiger partial charge in [0.05, 0.1) is 0 Å². The smallest absolute Gasteiger partial charge is 0.329 e. The highest BCUT2D eigenvalue weighted by Crippen LogP contribution is 2.08. The SMILES string of the molecule is C#CCOc1nsc(C)n1. The van der Waals surface area contributed by atoms with Crippen LogP contribution in [-0.2, 0) is 0 Å². The van der Waals surface area contributed by atoms with Crippen LogP contribution in [0.1, 0.15) is 5.01 Å². The summed E-state index contributed by atoms with van der Waals surface area (Å²) in [5.41, 5.74) is 0. The molecule has 0 spiro atoms. The number of aryl methyl sites for hydroxylation is 1. The molecule has 1 heterocycles. The summed E-state index contributed by atoms with van der Waals surface area (Å²) in [7, 11) is 0. The van der Waals surface area contributed by atoms with Crippen LogP contribution in [0.4, 0.5) is 0 Å². The van der Waals surface area contributed by atoms with Crippen molar-refractivity contribution in [2.24, 2.45) is 0 Å². The van der Waals surface area contributed by atoms with E-state index in [1.807, 2.05) is 6.92 Å². The quantitative estimate of drug-likeness (QED) is 0.592. The van der Waals surface area contributed by atoms with Gasteiger partial charge in [-0.15, -0.1) is 10.8 Å². The second-order valence-electron chi connectivity index (χ2n) is 1.59. The number of aromatic nitrogens is 2. The Labute approximate surface area is 63.2 Å². The molecule has 0 fully saturated rings. The third kappa shape index (κ3) is 1.71. The van der Waals surface area contributed by atoms with Crippen LogP contribution in [0.15, 0.2) is 0 Å². The van der Waals surface area contributed by atoms with Crippen LogP contribution in [0, 0.1) is 19.3 Å². The van der Waals surface area contributed by atoms with Gasteiger partial charge in [0.15, 0.2) is 6.61 Å². The van der Waals surface area contributed by atoms with Gasteiger partial charge in [0.2, 0.25) is 0 Å². The molecule has 0 N–H and O–H groups in total. The van der Waals surface area contributed by atoms with Crippen molar-refractivity contribution < 1.29 is 4.74 Å². The van der Waals surface area contributed by atoms with Gasteiger partial charge >= 0.3 is 6.01 Å². The lowest BCUT2D eigenvalue weighted by molar-refractivity contribution is 0.344. The van der Waals surface area contributed by atoms with Gasteiger partial charge in [-0.1, -0.05) is 5.92 Å². The Kier molecular flexibility index (Phi) is 2.24. The van der Waals surface area contributed by atoms with Gasteiger partial charge in [-0.3, -0.25) is 0 Å². The molecule has 52 valence electrons. The lowest BCUT2D eigenvalue weighted by Crippen LogP contribution is -1.94. The molecular weight excluding hydrogens is 148 g/mol. The molecule has 0 bridgehead atoms. The largest absolute Gasteiger partial charge is 0.450 e. The van der Waals surface area contributed by atoms with E-state index in [0.717, 1.165) is 5.01 Å². The Hall–Kier alpha value is -1.08. The molecule has 0 saturated heterocycles. The molecule has 0 aromatic carbocycles. The van der Waals surface area contributed by atoms with Gasteiger partial charge in [0, 0.05) is 0 Å². The van der Waals surface area contributed by atoms with Crippen LogP contribution in [0.25, 0.3) is 0 Å². The van der Waals surface area contributed by atoms with Gasteiger partial charge in [-0.05, 0) is 18.5 Å². The van der Waals surface area contributed by atoms with Crippen LogP contribution >= 0.6 is 11.5 Å². The summed E-state index contributed by atoms with van der Waals surface area (Å²) in [6.45, 7) is 2.09. The molecule has 0 aliphatic heterocycles. The predicted molar refractivity (Wildman–Crippen MR) is 39.0 cm³/mol. The molecule has 0 radical (unpaired) electrons. The van der Waals surface area contributed by atoms with Crippen molar-refractivity contribution in [3.63, 3.8) is 0 Å². The lowest BCUT2D eigenvalue weighted by Gasteiger charge is -1.90. The minimum absolute atomic E-state index is 0.232. The van der Waals surface area contributed by atoms with Gasteiger partial charge in [-0.2, -0.15) is 4.98 Å². The molecule has 1 rings (SSSR count). The monoisotopic (exact) mass is 154 g/mol. The van der Waals surface area contributed by atoms with E-state index in [1.165, 1.54) is 11.5 Å². The molecule has 4 heteroatoms. The molecule has 0 atom stereocenters. The highest BCUT2D eigenvalue weighted by atomic mass is 32.1. The fourth-order valence-electron chi connectivity index (χ4n) is 0.445. The lowest BCUT2D eigenvalue weighted by atomic mass is 10.7. The highest BCUT2D eigenvalue weighted by molar-refractivity contribution is 7.05. The van der Waals surface area contributed by atoms with E-state index in [9.17, 15) is 0 Å². The summed E-state index contributed by atoms with van der Waals surface area (Å²) in [6, 6.07) is 0.375. The van der Waals surface area contributed by atoms with E-state index < -0.39 is 0 Å². The highest BCUT2D eigenvalue weighted by Gasteiger charge is 1.97. The van der Waals surface area contributed by atoms with E-state index in [0.29, 0.717) is 6.01 Å². The van der Waals surface area contributed by atoms with Crippen molar-refractivity contribution >= 4 is 11.5 Å². The Bertz CT molecular complexity index is 250. The van der Waals surface area contributed by atoms with E-state index in [4.69, 9.17) is 11.2 Å². The van der Waals surface area contributed by atoms with Crippen LogP contribution in [-0.4, -0.2) is 16.0 Å². The van der Waals surface area contributed by atoms with Crippen LogP contribution in [0.3, 0.4) is 0 Å². The van der Waals surface area contributed by atoms with Crippen molar-refractivity contribution in [2.75, 3.05) is 6.61 Å². The first-order valence-corrected chi connectivity index (χ1v) is 3.47. The number of nitrogens with zero attached hydrogens (tertiary/aromatic N) is 2. The minimum atomic E-state index is 0.232. The van der Waals surface area contributed by atoms with Gasteiger partial charge in [-0.25, -0.2) is 0 Å². The zero-order valence-electron chi connectivity index (χ0n) is 5.50. The molecular formula is C6H6N2OS. The molecule has 0 aliphatic rings. The average molecular weight is 154 g/mol. The average Bonchev–Trinajstić information content (AvgIpc) is 2.31. The van der Waals surface area contributed by atoms with Gasteiger partial charge in [0.25, 0.3) is 0 Å². The number of ether oxygens (including phenoxy) is 1. The summed E-state index contributed by atoms with van der Waals surface area (Å²) in [4.78, 5) is 3.94. The molecule has 0 amide bonds. The van der Waals surface area contributed by atoms with Crippen molar-refractivity contribution in [3.8, 4) is 18.4 Å². The summed E-state index contributed by atoms with van der Waals surface area (Å²) in [6.07, 6.45) is 4.96. The Morgan fingerprint density at radius 1 is 1.80 bits per heavy atom. The molecule has 1 aromatic rings. The number of terminal acetylenes is 1. The van der Waals surface area contributed by atoms with Crippen LogP contribution < -0.4 is 4.74 Å². The van der Waals surface area contributed by atoms with E-state index in [1.54, 1.807) is 0 Å². The second kappa shape index (κ2) is 3.18. The Morgan fingerprint density at radius 2 is 2.60 bits per heavy atom. The summed E-state index contributed by atoms with van der Waals surface area (Å²) in [5, 5.41) is 0.882. The zero-order valence-corrected chi connectivity index (χ0v) is 6.31. The number of hydrogen-bond acceptors (Lipinski definition) is 4. The Balaban J connectivity index is 2.52. The van der Waals surface area contributed by atoms with Gasteiger partial charge in [0.1, 0.15) is 5.01 Å². The summed E-state index contributed by atoms with van der Waals surface area (Å²) < 4.78 is 8.79. The Morgan fingerprint density at radius 3 is 3.10 bits per heavy atom. The zero-order chi connectivity index (χ0) is 7.40. The molecule has 1 aromatic heterocycles. The fraction of sp³-hybridized carbons (Fsp3) is 0.333. The predicted octanol–water partition coefficient (Wildman–Crippen LogP) is 0.859. The molecule has 10 heavy (non-hydrogen) atoms. The van der Waals surface area contributed by atoms with Crippen molar-refractivity contribution in [1.29, 1.82) is 0 Å². The third-order valence-corrected chi connectivity index (χ3v) is 1.40. The maximum atomic E-state index is 4.96. The first-order chi connectivity index (χ1) is 4.83. The second-order valence-corrected chi connectivity index (χ2v) is 2.54. The summed E-state index contributed by atoms with van der Waals surface area (Å²) in [5.74, 6) is 2.33. The standard InChI is InChI=1S/C6H6N2OS/c1-3-4-9-6-7-5(2)10-8-6/h1H,4H2,2H3. The fourth-order valence-corrected chi connectivity index (χ4v) is 0.868.